The van der Waals surface area contributed by atoms with Crippen molar-refractivity contribution >= 4 is 69.8 Å². The van der Waals surface area contributed by atoms with Crippen LogP contribution >= 0.6 is 58.2 Å². The van der Waals surface area contributed by atoms with Crippen LogP contribution in [-0.2, 0) is 4.79 Å². The zero-order valence-electron chi connectivity index (χ0n) is 17.9. The number of thioether (sulfide) groups is 1. The Balaban J connectivity index is 1.68. The van der Waals surface area contributed by atoms with Crippen molar-refractivity contribution < 1.29 is 4.79 Å². The topological polar surface area (TPSA) is 65.8 Å². The maximum Gasteiger partial charge on any atom is 0.234 e. The lowest BCUT2D eigenvalue weighted by atomic mass is 9.99. The fourth-order valence-electron chi connectivity index (χ4n) is 3.26. The van der Waals surface area contributed by atoms with Gasteiger partial charge < -0.3 is 5.32 Å². The molecule has 0 aliphatic carbocycles. The highest BCUT2D eigenvalue weighted by atomic mass is 35.5. The molecule has 1 N–H and O–H groups in total. The molecule has 9 heteroatoms. The maximum absolute atomic E-state index is 12.6. The first-order valence-electron chi connectivity index (χ1n) is 10.2. The minimum absolute atomic E-state index is 0.0338. The Kier molecular flexibility index (Phi) is 8.22. The van der Waals surface area contributed by atoms with Crippen LogP contribution in [0.2, 0.25) is 20.1 Å². The van der Waals surface area contributed by atoms with Crippen molar-refractivity contribution in [1.82, 2.24) is 4.98 Å². The lowest BCUT2D eigenvalue weighted by Gasteiger charge is -2.13. The van der Waals surface area contributed by atoms with E-state index in [9.17, 15) is 10.1 Å². The molecule has 4 aromatic rings. The molecular weight excluding hydrogens is 544 g/mol. The molecule has 3 aromatic carbocycles. The number of carbonyl (C=O) groups is 1. The molecule has 4 nitrogen and oxygen atoms in total. The average Bonchev–Trinajstić information content (AvgIpc) is 2.85. The quantitative estimate of drug-likeness (QED) is 0.240. The van der Waals surface area contributed by atoms with Gasteiger partial charge in [0.25, 0.3) is 0 Å². The first-order chi connectivity index (χ1) is 16.8. The second-order valence-electron chi connectivity index (χ2n) is 7.33. The third-order valence-corrected chi connectivity index (χ3v) is 7.15. The summed E-state index contributed by atoms with van der Waals surface area (Å²) in [5.74, 6) is -0.240. The number of nitrogens with zero attached hydrogens (tertiary/aromatic N) is 2. The van der Waals surface area contributed by atoms with Crippen LogP contribution in [0.1, 0.15) is 5.56 Å². The molecule has 174 valence electrons. The van der Waals surface area contributed by atoms with Crippen LogP contribution in [-0.4, -0.2) is 16.6 Å². The minimum atomic E-state index is -0.274. The van der Waals surface area contributed by atoms with Crippen molar-refractivity contribution in [3.63, 3.8) is 0 Å². The first kappa shape index (κ1) is 25.4. The minimum Gasteiger partial charge on any atom is -0.325 e. The molecule has 0 aliphatic heterocycles. The van der Waals surface area contributed by atoms with Crippen molar-refractivity contribution in [1.29, 1.82) is 5.26 Å². The molecular formula is C26H15Cl4N3OS. The number of aromatic nitrogens is 1. The zero-order chi connectivity index (χ0) is 24.9. The fraction of sp³-hybridized carbons (Fsp3) is 0.0385. The third kappa shape index (κ3) is 6.29. The molecule has 1 heterocycles. The third-order valence-electron chi connectivity index (χ3n) is 4.94. The predicted molar refractivity (Wildman–Crippen MR) is 146 cm³/mol. The van der Waals surface area contributed by atoms with E-state index in [1.54, 1.807) is 42.5 Å². The number of nitrogens with one attached hydrogen (secondary N) is 1. The standard InChI is InChI=1S/C26H15Cl4N3OS/c27-17-5-1-15(2-6-17)20-12-24(16-3-7-18(28)8-4-16)33-26(21(20)13-31)35-14-25(34)32-19-9-10-22(29)23(30)11-19/h1-12H,14H2,(H,32,34). The van der Waals surface area contributed by atoms with Crippen molar-refractivity contribution in [3.8, 4) is 28.5 Å². The van der Waals surface area contributed by atoms with Crippen LogP contribution in [0.5, 0.6) is 0 Å². The average molecular weight is 559 g/mol. The van der Waals surface area contributed by atoms with Crippen LogP contribution in [0.3, 0.4) is 0 Å². The van der Waals surface area contributed by atoms with E-state index in [-0.39, 0.29) is 11.7 Å². The number of halogens is 4. The molecule has 1 aromatic heterocycles. The van der Waals surface area contributed by atoms with Crippen molar-refractivity contribution in [2.45, 2.75) is 5.03 Å². The fourth-order valence-corrected chi connectivity index (χ4v) is 4.62. The lowest BCUT2D eigenvalue weighted by molar-refractivity contribution is -0.113. The molecule has 0 saturated heterocycles. The molecule has 0 saturated carbocycles. The van der Waals surface area contributed by atoms with Crippen molar-refractivity contribution in [2.75, 3.05) is 11.1 Å². The molecule has 0 bridgehead atoms. The van der Waals surface area contributed by atoms with Gasteiger partial charge in [-0.25, -0.2) is 4.98 Å². The van der Waals surface area contributed by atoms with E-state index in [0.29, 0.717) is 47.6 Å². The van der Waals surface area contributed by atoms with Gasteiger partial charge in [-0.05, 0) is 54.1 Å². The van der Waals surface area contributed by atoms with E-state index < -0.39 is 0 Å². The Morgan fingerprint density at radius 3 is 2.09 bits per heavy atom. The lowest BCUT2D eigenvalue weighted by Crippen LogP contribution is -2.14. The summed E-state index contributed by atoms with van der Waals surface area (Å²) >= 11 is 25.3. The zero-order valence-corrected chi connectivity index (χ0v) is 21.7. The summed E-state index contributed by atoms with van der Waals surface area (Å²) in [6.45, 7) is 0. The van der Waals surface area contributed by atoms with Gasteiger partial charge in [0, 0.05) is 26.9 Å². The molecule has 35 heavy (non-hydrogen) atoms. The molecule has 0 unspecified atom stereocenters. The van der Waals surface area contributed by atoms with Gasteiger partial charge >= 0.3 is 0 Å². The Labute approximate surface area is 226 Å². The number of amides is 1. The molecule has 0 spiro atoms. The van der Waals surface area contributed by atoms with Gasteiger partial charge in [0.2, 0.25) is 5.91 Å². The molecule has 4 rings (SSSR count). The summed E-state index contributed by atoms with van der Waals surface area (Å²) in [6.07, 6.45) is 0. The summed E-state index contributed by atoms with van der Waals surface area (Å²) in [7, 11) is 0. The smallest absolute Gasteiger partial charge is 0.234 e. The van der Waals surface area contributed by atoms with Gasteiger partial charge in [-0.1, -0.05) is 82.4 Å². The normalized spacial score (nSPS) is 10.6. The second-order valence-corrected chi connectivity index (χ2v) is 9.98. The van der Waals surface area contributed by atoms with Gasteiger partial charge in [0.05, 0.1) is 27.1 Å². The van der Waals surface area contributed by atoms with E-state index >= 15 is 0 Å². The van der Waals surface area contributed by atoms with E-state index in [0.717, 1.165) is 11.1 Å². The van der Waals surface area contributed by atoms with Crippen LogP contribution < -0.4 is 5.32 Å². The number of nitriles is 1. The van der Waals surface area contributed by atoms with Crippen LogP contribution in [0.25, 0.3) is 22.4 Å². The number of carbonyl (C=O) groups excluding carboxylic acids is 1. The molecule has 0 radical (unpaired) electrons. The number of pyridine rings is 1. The monoisotopic (exact) mass is 557 g/mol. The van der Waals surface area contributed by atoms with Gasteiger partial charge in [0.1, 0.15) is 11.1 Å². The predicted octanol–water partition coefficient (Wildman–Crippen LogP) is 8.63. The first-order valence-corrected chi connectivity index (χ1v) is 12.7. The van der Waals surface area contributed by atoms with E-state index in [2.05, 4.69) is 11.4 Å². The summed E-state index contributed by atoms with van der Waals surface area (Å²) in [5, 5.41) is 15.2. The van der Waals surface area contributed by atoms with Crippen molar-refractivity contribution in [3.05, 3.63) is 98.5 Å². The van der Waals surface area contributed by atoms with Crippen molar-refractivity contribution in [2.24, 2.45) is 0 Å². The molecule has 1 amide bonds. The summed E-state index contributed by atoms with van der Waals surface area (Å²) in [5.41, 5.74) is 3.88. The molecule has 0 aliphatic rings. The number of rotatable bonds is 6. The van der Waals surface area contributed by atoms with Gasteiger partial charge in [0.15, 0.2) is 0 Å². The summed E-state index contributed by atoms with van der Waals surface area (Å²) in [6, 6.07) is 23.4. The number of hydrogen-bond acceptors (Lipinski definition) is 4. The summed E-state index contributed by atoms with van der Waals surface area (Å²) < 4.78 is 0. The van der Waals surface area contributed by atoms with Crippen LogP contribution in [0.4, 0.5) is 5.69 Å². The summed E-state index contributed by atoms with van der Waals surface area (Å²) in [4.78, 5) is 17.3. The largest absolute Gasteiger partial charge is 0.325 e. The maximum atomic E-state index is 12.6. The van der Waals surface area contributed by atoms with Gasteiger partial charge in [-0.3, -0.25) is 4.79 Å². The van der Waals surface area contributed by atoms with E-state index in [1.807, 2.05) is 30.3 Å². The number of benzene rings is 3. The van der Waals surface area contributed by atoms with Gasteiger partial charge in [-0.2, -0.15) is 5.26 Å². The second kappa shape index (κ2) is 11.3. The van der Waals surface area contributed by atoms with E-state index in [1.165, 1.54) is 11.8 Å². The highest BCUT2D eigenvalue weighted by Crippen LogP contribution is 2.35. The van der Waals surface area contributed by atoms with Crippen LogP contribution in [0, 0.1) is 11.3 Å². The Bertz CT molecular complexity index is 1440. The Morgan fingerprint density at radius 2 is 1.49 bits per heavy atom. The Morgan fingerprint density at radius 1 is 0.857 bits per heavy atom. The number of hydrogen-bond donors (Lipinski definition) is 1. The molecule has 0 atom stereocenters. The SMILES string of the molecule is N#Cc1c(-c2ccc(Cl)cc2)cc(-c2ccc(Cl)cc2)nc1SCC(=O)Nc1ccc(Cl)c(Cl)c1. The van der Waals surface area contributed by atoms with Gasteiger partial charge in [-0.15, -0.1) is 0 Å². The van der Waals surface area contributed by atoms with E-state index in [4.69, 9.17) is 51.4 Å². The molecule has 0 fully saturated rings. The Hall–Kier alpha value is -2.72. The van der Waals surface area contributed by atoms with Crippen LogP contribution in [0.15, 0.2) is 77.8 Å². The highest BCUT2D eigenvalue weighted by Gasteiger charge is 2.17. The highest BCUT2D eigenvalue weighted by molar-refractivity contribution is 8.00. The number of anilines is 1.